The van der Waals surface area contributed by atoms with Gasteiger partial charge in [0.2, 0.25) is 10.0 Å². The van der Waals surface area contributed by atoms with Gasteiger partial charge in [0.05, 0.1) is 6.26 Å². The molecule has 0 aliphatic rings. The van der Waals surface area contributed by atoms with E-state index in [1.54, 1.807) is 13.8 Å². The molecule has 0 aliphatic carbocycles. The molecule has 0 saturated heterocycles. The molecule has 100 valence electrons. The minimum Gasteiger partial charge on any atom is -0.392 e. The van der Waals surface area contributed by atoms with E-state index in [0.29, 0.717) is 6.29 Å². The summed E-state index contributed by atoms with van der Waals surface area (Å²) in [5, 5.41) is 12.5. The summed E-state index contributed by atoms with van der Waals surface area (Å²) in [6.45, 7) is 3.44. The van der Waals surface area contributed by atoms with Crippen molar-refractivity contribution >= 4 is 33.4 Å². The largest absolute Gasteiger partial charge is 0.392 e. The van der Waals surface area contributed by atoms with Crippen molar-refractivity contribution in [2.24, 2.45) is 5.16 Å². The van der Waals surface area contributed by atoms with Crippen LogP contribution in [0.15, 0.2) is 10.5 Å². The van der Waals surface area contributed by atoms with Gasteiger partial charge >= 0.3 is 0 Å². The van der Waals surface area contributed by atoms with Gasteiger partial charge in [-0.15, -0.1) is 11.3 Å². The number of thiazole rings is 1. The summed E-state index contributed by atoms with van der Waals surface area (Å²) in [4.78, 5) is 15.6. The number of aromatic nitrogens is 1. The smallest absolute Gasteiger partial charge is 0.238 e. The van der Waals surface area contributed by atoms with Crippen molar-refractivity contribution in [3.05, 3.63) is 15.9 Å². The second-order valence-corrected chi connectivity index (χ2v) is 6.39. The standard InChI is InChI=1S/C9H13N3O4S2/c1-6(2)16-11-7(4-13)8-5-17-9(10)12(8)18(3,14)15/h4-6,10H,1-3H3. The monoisotopic (exact) mass is 291 g/mol. The first kappa shape index (κ1) is 14.6. The lowest BCUT2D eigenvalue weighted by molar-refractivity contribution is -0.102. The number of hydrogen-bond donors (Lipinski definition) is 1. The Morgan fingerprint density at radius 1 is 1.61 bits per heavy atom. The summed E-state index contributed by atoms with van der Waals surface area (Å²) < 4.78 is 23.8. The molecule has 1 heterocycles. The zero-order valence-electron chi connectivity index (χ0n) is 10.1. The molecule has 1 aromatic heterocycles. The molecular formula is C9H13N3O4S2. The first-order chi connectivity index (χ1) is 8.27. The number of hydrogen-bond acceptors (Lipinski definition) is 7. The maximum absolute atomic E-state index is 11.5. The van der Waals surface area contributed by atoms with E-state index in [2.05, 4.69) is 5.16 Å². The zero-order chi connectivity index (χ0) is 13.9. The van der Waals surface area contributed by atoms with Crippen molar-refractivity contribution in [1.29, 1.82) is 5.41 Å². The van der Waals surface area contributed by atoms with Crippen LogP contribution in [0.5, 0.6) is 0 Å². The van der Waals surface area contributed by atoms with Gasteiger partial charge in [-0.05, 0) is 13.8 Å². The Bertz CT molecular complexity index is 624. The number of carbonyl (C=O) groups is 1. The second kappa shape index (κ2) is 5.44. The van der Waals surface area contributed by atoms with Crippen molar-refractivity contribution in [3.8, 4) is 0 Å². The Hall–Kier alpha value is -1.48. The lowest BCUT2D eigenvalue weighted by Gasteiger charge is -2.06. The van der Waals surface area contributed by atoms with Gasteiger partial charge in [0.25, 0.3) is 0 Å². The molecule has 9 heteroatoms. The van der Waals surface area contributed by atoms with Gasteiger partial charge in [0.15, 0.2) is 16.8 Å². The molecule has 1 rings (SSSR count). The lowest BCUT2D eigenvalue weighted by atomic mass is 10.3. The third-order valence-corrected chi connectivity index (χ3v) is 3.66. The molecule has 0 spiro atoms. The molecular weight excluding hydrogens is 278 g/mol. The van der Waals surface area contributed by atoms with Crippen LogP contribution in [-0.2, 0) is 19.7 Å². The minimum absolute atomic E-state index is 0.0307. The molecule has 0 amide bonds. The number of carbonyl (C=O) groups excluding carboxylic acids is 1. The average Bonchev–Trinajstić information content (AvgIpc) is 2.60. The topological polar surface area (TPSA) is 102 Å². The fraction of sp³-hybridized carbons (Fsp3) is 0.444. The highest BCUT2D eigenvalue weighted by Gasteiger charge is 2.18. The Balaban J connectivity index is 3.37. The van der Waals surface area contributed by atoms with Crippen LogP contribution in [0.3, 0.4) is 0 Å². The van der Waals surface area contributed by atoms with Crippen molar-refractivity contribution in [2.75, 3.05) is 6.26 Å². The normalized spacial score (nSPS) is 12.8. The quantitative estimate of drug-likeness (QED) is 0.474. The van der Waals surface area contributed by atoms with Crippen molar-refractivity contribution < 1.29 is 18.0 Å². The van der Waals surface area contributed by atoms with Gasteiger partial charge in [-0.3, -0.25) is 10.2 Å². The lowest BCUT2D eigenvalue weighted by Crippen LogP contribution is -2.26. The maximum Gasteiger partial charge on any atom is 0.238 e. The number of nitrogens with zero attached hydrogens (tertiary/aromatic N) is 2. The van der Waals surface area contributed by atoms with Gasteiger partial charge in [0, 0.05) is 5.38 Å². The van der Waals surface area contributed by atoms with E-state index in [4.69, 9.17) is 10.2 Å². The third kappa shape index (κ3) is 3.26. The molecule has 0 unspecified atom stereocenters. The fourth-order valence-corrected chi connectivity index (χ4v) is 3.15. The summed E-state index contributed by atoms with van der Waals surface area (Å²) >= 11 is 0.891. The van der Waals surface area contributed by atoms with E-state index in [0.717, 1.165) is 21.6 Å². The molecule has 0 atom stereocenters. The van der Waals surface area contributed by atoms with Crippen LogP contribution in [-0.4, -0.2) is 36.7 Å². The summed E-state index contributed by atoms with van der Waals surface area (Å²) in [7, 11) is -3.67. The van der Waals surface area contributed by atoms with Gasteiger partial charge in [-0.25, -0.2) is 12.4 Å². The van der Waals surface area contributed by atoms with E-state index in [1.165, 1.54) is 5.38 Å². The fourth-order valence-electron chi connectivity index (χ4n) is 1.10. The predicted molar refractivity (Wildman–Crippen MR) is 67.2 cm³/mol. The Morgan fingerprint density at radius 3 is 2.67 bits per heavy atom. The van der Waals surface area contributed by atoms with Crippen LogP contribution in [0.2, 0.25) is 0 Å². The van der Waals surface area contributed by atoms with Gasteiger partial charge in [-0.2, -0.15) is 0 Å². The average molecular weight is 291 g/mol. The molecule has 0 bridgehead atoms. The van der Waals surface area contributed by atoms with E-state index in [-0.39, 0.29) is 22.3 Å². The second-order valence-electron chi connectivity index (χ2n) is 3.70. The third-order valence-electron chi connectivity index (χ3n) is 1.75. The molecule has 18 heavy (non-hydrogen) atoms. The Labute approximate surface area is 108 Å². The summed E-state index contributed by atoms with van der Waals surface area (Å²) in [5.41, 5.74) is -0.132. The molecule has 1 N–H and O–H groups in total. The molecule has 0 radical (unpaired) electrons. The highest BCUT2D eigenvalue weighted by Crippen LogP contribution is 2.07. The van der Waals surface area contributed by atoms with Crippen molar-refractivity contribution in [3.63, 3.8) is 0 Å². The van der Waals surface area contributed by atoms with Gasteiger partial charge in [-0.1, -0.05) is 5.16 Å². The molecule has 0 saturated carbocycles. The van der Waals surface area contributed by atoms with Crippen LogP contribution < -0.4 is 4.80 Å². The van der Waals surface area contributed by atoms with Gasteiger partial charge in [0.1, 0.15) is 11.8 Å². The number of nitrogens with one attached hydrogen (secondary N) is 1. The molecule has 0 aromatic carbocycles. The van der Waals surface area contributed by atoms with Crippen LogP contribution in [0.4, 0.5) is 0 Å². The minimum atomic E-state index is -3.67. The van der Waals surface area contributed by atoms with Crippen LogP contribution in [0.25, 0.3) is 0 Å². The van der Waals surface area contributed by atoms with E-state index >= 15 is 0 Å². The molecule has 0 fully saturated rings. The molecule has 1 aromatic rings. The van der Waals surface area contributed by atoms with E-state index in [9.17, 15) is 13.2 Å². The number of aldehydes is 1. The highest BCUT2D eigenvalue weighted by atomic mass is 32.2. The SMILES string of the molecule is CC(C)ON=C(C=O)c1csc(=N)n1S(C)(=O)=O. The summed E-state index contributed by atoms with van der Waals surface area (Å²) in [5.74, 6) is 0. The van der Waals surface area contributed by atoms with Crippen LogP contribution >= 0.6 is 11.3 Å². The van der Waals surface area contributed by atoms with Crippen LogP contribution in [0, 0.1) is 5.41 Å². The zero-order valence-corrected chi connectivity index (χ0v) is 11.7. The highest BCUT2D eigenvalue weighted by molar-refractivity contribution is 7.89. The molecule has 0 aliphatic heterocycles. The molecule has 7 nitrogen and oxygen atoms in total. The van der Waals surface area contributed by atoms with Crippen molar-refractivity contribution in [2.45, 2.75) is 20.0 Å². The first-order valence-electron chi connectivity index (χ1n) is 4.92. The summed E-state index contributed by atoms with van der Waals surface area (Å²) in [6.07, 6.45) is 1.11. The maximum atomic E-state index is 11.5. The van der Waals surface area contributed by atoms with Gasteiger partial charge < -0.3 is 4.84 Å². The Morgan fingerprint density at radius 2 is 2.22 bits per heavy atom. The first-order valence-corrected chi connectivity index (χ1v) is 7.65. The van der Waals surface area contributed by atoms with E-state index in [1.807, 2.05) is 0 Å². The number of oxime groups is 1. The number of rotatable bonds is 5. The van der Waals surface area contributed by atoms with Crippen LogP contribution in [0.1, 0.15) is 19.5 Å². The van der Waals surface area contributed by atoms with Crippen molar-refractivity contribution in [1.82, 2.24) is 3.97 Å². The summed E-state index contributed by atoms with van der Waals surface area (Å²) in [6, 6.07) is 0. The Kier molecular flexibility index (Phi) is 4.41. The predicted octanol–water partition coefficient (Wildman–Crippen LogP) is 0.165. The van der Waals surface area contributed by atoms with E-state index < -0.39 is 10.0 Å².